The molecule has 26 heavy (non-hydrogen) atoms. The Kier molecular flexibility index (Phi) is 6.54. The predicted octanol–water partition coefficient (Wildman–Crippen LogP) is 2.70. The first-order valence-corrected chi connectivity index (χ1v) is 7.90. The van der Waals surface area contributed by atoms with Gasteiger partial charge in [-0.3, -0.25) is 4.79 Å². The third-order valence-corrected chi connectivity index (χ3v) is 3.69. The summed E-state index contributed by atoms with van der Waals surface area (Å²) in [4.78, 5) is 24.2. The van der Waals surface area contributed by atoms with Crippen LogP contribution in [-0.4, -0.2) is 32.2 Å². The molecule has 0 fully saturated rings. The Morgan fingerprint density at radius 3 is 2.42 bits per heavy atom. The molecule has 0 aliphatic rings. The number of rotatable bonds is 7. The van der Waals surface area contributed by atoms with Crippen molar-refractivity contribution in [3.05, 3.63) is 59.4 Å². The zero-order valence-corrected chi connectivity index (χ0v) is 14.7. The number of methoxy groups -OCH3 is 2. The number of halogens is 1. The molecule has 2 aromatic rings. The molecule has 2 aromatic carbocycles. The van der Waals surface area contributed by atoms with Crippen LogP contribution in [0.3, 0.4) is 0 Å². The van der Waals surface area contributed by atoms with Crippen molar-refractivity contribution >= 4 is 11.9 Å². The highest BCUT2D eigenvalue weighted by Gasteiger charge is 2.20. The van der Waals surface area contributed by atoms with E-state index in [1.165, 1.54) is 26.2 Å². The second kappa shape index (κ2) is 8.84. The fraction of sp³-hybridized carbons (Fsp3) is 0.263. The average Bonchev–Trinajstić information content (AvgIpc) is 2.65. The lowest BCUT2D eigenvalue weighted by Crippen LogP contribution is -2.35. The van der Waals surface area contributed by atoms with Crippen LogP contribution in [0.4, 0.5) is 4.39 Å². The molecule has 6 nitrogen and oxygen atoms in total. The molecule has 1 N–H and O–H groups in total. The van der Waals surface area contributed by atoms with E-state index in [0.29, 0.717) is 5.75 Å². The van der Waals surface area contributed by atoms with Gasteiger partial charge in [0.25, 0.3) is 5.91 Å². The van der Waals surface area contributed by atoms with Crippen molar-refractivity contribution in [1.29, 1.82) is 0 Å². The smallest absolute Gasteiger partial charge is 0.339 e. The first kappa shape index (κ1) is 19.2. The van der Waals surface area contributed by atoms with Crippen LogP contribution in [0.2, 0.25) is 0 Å². The van der Waals surface area contributed by atoms with Gasteiger partial charge in [-0.25, -0.2) is 9.18 Å². The summed E-state index contributed by atoms with van der Waals surface area (Å²) < 4.78 is 28.7. The zero-order chi connectivity index (χ0) is 19.1. The van der Waals surface area contributed by atoms with E-state index in [2.05, 4.69) is 5.32 Å². The van der Waals surface area contributed by atoms with Crippen molar-refractivity contribution in [1.82, 2.24) is 5.32 Å². The van der Waals surface area contributed by atoms with Gasteiger partial charge in [0.05, 0.1) is 19.8 Å². The van der Waals surface area contributed by atoms with E-state index in [1.54, 1.807) is 13.2 Å². The molecule has 0 radical (unpaired) electrons. The Bertz CT molecular complexity index is 793. The molecule has 0 heterocycles. The van der Waals surface area contributed by atoms with Crippen LogP contribution in [0.1, 0.15) is 22.8 Å². The van der Waals surface area contributed by atoms with Crippen molar-refractivity contribution in [2.24, 2.45) is 0 Å². The quantitative estimate of drug-likeness (QED) is 0.768. The number of para-hydroxylation sites is 1. The largest absolute Gasteiger partial charge is 0.496 e. The number of benzene rings is 2. The molecule has 0 saturated heterocycles. The number of amides is 1. The lowest BCUT2D eigenvalue weighted by Gasteiger charge is -2.15. The highest BCUT2D eigenvalue weighted by atomic mass is 19.1. The second-order valence-electron chi connectivity index (χ2n) is 5.43. The number of nitrogens with one attached hydrogen (secondary N) is 1. The van der Waals surface area contributed by atoms with Crippen molar-refractivity contribution in [2.75, 3.05) is 14.2 Å². The van der Waals surface area contributed by atoms with E-state index in [9.17, 15) is 14.0 Å². The van der Waals surface area contributed by atoms with Crippen LogP contribution in [0.15, 0.2) is 42.5 Å². The number of carbonyl (C=O) groups is 2. The number of hydrogen-bond acceptors (Lipinski definition) is 5. The van der Waals surface area contributed by atoms with Gasteiger partial charge in [0.15, 0.2) is 17.7 Å². The summed E-state index contributed by atoms with van der Waals surface area (Å²) in [7, 11) is 2.86. The van der Waals surface area contributed by atoms with Crippen molar-refractivity contribution in [3.63, 3.8) is 0 Å². The first-order valence-electron chi connectivity index (χ1n) is 7.90. The number of ether oxygens (including phenoxy) is 3. The van der Waals surface area contributed by atoms with Crippen LogP contribution in [0, 0.1) is 5.82 Å². The van der Waals surface area contributed by atoms with Crippen LogP contribution in [0.5, 0.6) is 11.5 Å². The minimum absolute atomic E-state index is 0.00678. The van der Waals surface area contributed by atoms with E-state index in [4.69, 9.17) is 14.2 Å². The molecule has 0 spiro atoms. The molecule has 0 unspecified atom stereocenters. The standard InChI is InChI=1S/C19H20FNO5/c1-12(18(22)21-11-14-6-4-5-7-16(14)24-2)26-19(23)13-8-9-17(25-3)15(20)10-13/h4-10,12H,11H2,1-3H3,(H,21,22)/t12-/m0/s1. The van der Waals surface area contributed by atoms with Gasteiger partial charge in [-0.2, -0.15) is 0 Å². The number of esters is 1. The highest BCUT2D eigenvalue weighted by Crippen LogP contribution is 2.19. The Balaban J connectivity index is 1.94. The van der Waals surface area contributed by atoms with Crippen LogP contribution >= 0.6 is 0 Å². The molecule has 0 aromatic heterocycles. The molecule has 0 saturated carbocycles. The lowest BCUT2D eigenvalue weighted by atomic mass is 10.2. The van der Waals surface area contributed by atoms with E-state index in [1.807, 2.05) is 18.2 Å². The highest BCUT2D eigenvalue weighted by molar-refractivity contribution is 5.92. The molecular formula is C19H20FNO5. The summed E-state index contributed by atoms with van der Waals surface area (Å²) in [6, 6.07) is 10.9. The van der Waals surface area contributed by atoms with E-state index >= 15 is 0 Å². The van der Waals surface area contributed by atoms with Crippen LogP contribution in [0.25, 0.3) is 0 Å². The Morgan fingerprint density at radius 1 is 1.08 bits per heavy atom. The summed E-state index contributed by atoms with van der Waals surface area (Å²) in [6.07, 6.45) is -1.04. The van der Waals surface area contributed by atoms with Crippen LogP contribution < -0.4 is 14.8 Å². The molecule has 138 valence electrons. The third kappa shape index (κ3) is 4.72. The van der Waals surface area contributed by atoms with Crippen molar-refractivity contribution in [3.8, 4) is 11.5 Å². The van der Waals surface area contributed by atoms with E-state index in [0.717, 1.165) is 11.6 Å². The molecule has 1 amide bonds. The van der Waals surface area contributed by atoms with Gasteiger partial charge in [-0.15, -0.1) is 0 Å². The molecule has 1 atom stereocenters. The summed E-state index contributed by atoms with van der Waals surface area (Å²) in [6.45, 7) is 1.66. The summed E-state index contributed by atoms with van der Waals surface area (Å²) in [5, 5.41) is 2.67. The Labute approximate surface area is 150 Å². The molecule has 2 rings (SSSR count). The maximum Gasteiger partial charge on any atom is 0.339 e. The van der Waals surface area contributed by atoms with Gasteiger partial charge in [0.1, 0.15) is 5.75 Å². The molecule has 0 aliphatic carbocycles. The van der Waals surface area contributed by atoms with Gasteiger partial charge >= 0.3 is 5.97 Å². The maximum atomic E-state index is 13.7. The third-order valence-electron chi connectivity index (χ3n) is 3.69. The predicted molar refractivity (Wildman–Crippen MR) is 92.7 cm³/mol. The van der Waals surface area contributed by atoms with Gasteiger partial charge in [0, 0.05) is 12.1 Å². The number of hydrogen-bond donors (Lipinski definition) is 1. The van der Waals surface area contributed by atoms with Crippen LogP contribution in [-0.2, 0) is 16.1 Å². The van der Waals surface area contributed by atoms with Crippen molar-refractivity contribution < 1.29 is 28.2 Å². The zero-order valence-electron chi connectivity index (χ0n) is 14.7. The van der Waals surface area contributed by atoms with E-state index in [-0.39, 0.29) is 17.9 Å². The van der Waals surface area contributed by atoms with E-state index < -0.39 is 23.8 Å². The second-order valence-corrected chi connectivity index (χ2v) is 5.43. The van der Waals surface area contributed by atoms with Gasteiger partial charge in [-0.1, -0.05) is 18.2 Å². The monoisotopic (exact) mass is 361 g/mol. The van der Waals surface area contributed by atoms with Crippen molar-refractivity contribution in [2.45, 2.75) is 19.6 Å². The maximum absolute atomic E-state index is 13.7. The summed E-state index contributed by atoms with van der Waals surface area (Å²) in [5.74, 6) is -1.30. The Morgan fingerprint density at radius 2 is 1.77 bits per heavy atom. The fourth-order valence-electron chi connectivity index (χ4n) is 2.25. The van der Waals surface area contributed by atoms with Gasteiger partial charge in [-0.05, 0) is 31.2 Å². The molecule has 0 bridgehead atoms. The normalized spacial score (nSPS) is 11.4. The van der Waals surface area contributed by atoms with Gasteiger partial charge in [0.2, 0.25) is 0 Å². The lowest BCUT2D eigenvalue weighted by molar-refractivity contribution is -0.129. The first-order chi connectivity index (χ1) is 12.5. The Hall–Kier alpha value is -3.09. The number of carbonyl (C=O) groups excluding carboxylic acids is 2. The SMILES string of the molecule is COc1ccc(C(=O)O[C@@H](C)C(=O)NCc2ccccc2OC)cc1F. The minimum atomic E-state index is -1.04. The summed E-state index contributed by atoms with van der Waals surface area (Å²) >= 11 is 0. The van der Waals surface area contributed by atoms with Gasteiger partial charge < -0.3 is 19.5 Å². The summed E-state index contributed by atoms with van der Waals surface area (Å²) in [5.41, 5.74) is 0.784. The average molecular weight is 361 g/mol. The fourth-order valence-corrected chi connectivity index (χ4v) is 2.25. The molecular weight excluding hydrogens is 341 g/mol. The molecule has 7 heteroatoms. The minimum Gasteiger partial charge on any atom is -0.496 e. The molecule has 0 aliphatic heterocycles. The topological polar surface area (TPSA) is 73.9 Å².